The van der Waals surface area contributed by atoms with Crippen LogP contribution in [-0.2, 0) is 0 Å². The van der Waals surface area contributed by atoms with Gasteiger partial charge >= 0.3 is 0 Å². The van der Waals surface area contributed by atoms with Crippen LogP contribution in [0.25, 0.3) is 0 Å². The Balaban J connectivity index is 4.69. The molecule has 0 nitrogen and oxygen atoms in total. The molecule has 0 aromatic carbocycles. The van der Waals surface area contributed by atoms with Gasteiger partial charge < -0.3 is 0 Å². The average Bonchev–Trinajstić information content (AvgIpc) is 2.23. The zero-order chi connectivity index (χ0) is 11.7. The summed E-state index contributed by atoms with van der Waals surface area (Å²) >= 11 is 0. The van der Waals surface area contributed by atoms with E-state index in [9.17, 15) is 0 Å². The molecule has 15 heavy (non-hydrogen) atoms. The summed E-state index contributed by atoms with van der Waals surface area (Å²) in [6.45, 7) is 10.7. The minimum atomic E-state index is 1.09. The van der Waals surface area contributed by atoms with Gasteiger partial charge in [0.05, 0.1) is 0 Å². The maximum absolute atomic E-state index is 2.26. The van der Waals surface area contributed by atoms with Gasteiger partial charge in [0.15, 0.2) is 0 Å². The molecule has 0 aromatic rings. The van der Waals surface area contributed by atoms with Crippen LogP contribution in [0.3, 0.4) is 0 Å². The normalized spacial score (nSPS) is 15.1. The van der Waals surface area contributed by atoms with Gasteiger partial charge in [0.1, 0.15) is 0 Å². The highest BCUT2D eigenvalue weighted by Gasteiger charge is 1.90. The zero-order valence-corrected chi connectivity index (χ0v) is 10.8. The van der Waals surface area contributed by atoms with Gasteiger partial charge in [-0.25, -0.2) is 0 Å². The second-order valence-corrected chi connectivity index (χ2v) is 3.80. The molecule has 0 heteroatoms. The molecule has 0 bridgehead atoms. The highest BCUT2D eigenvalue weighted by atomic mass is 14.0. The van der Waals surface area contributed by atoms with Crippen molar-refractivity contribution in [2.75, 3.05) is 0 Å². The van der Waals surface area contributed by atoms with E-state index in [0.29, 0.717) is 0 Å². The van der Waals surface area contributed by atoms with Gasteiger partial charge in [-0.3, -0.25) is 0 Å². The van der Waals surface area contributed by atoms with Crippen LogP contribution in [0, 0.1) is 0 Å². The summed E-state index contributed by atoms with van der Waals surface area (Å²) in [4.78, 5) is 0. The first-order valence-electron chi connectivity index (χ1n) is 5.82. The predicted molar refractivity (Wildman–Crippen MR) is 71.0 cm³/mol. The third-order valence-electron chi connectivity index (χ3n) is 2.30. The molecule has 0 spiro atoms. The molecule has 0 heterocycles. The van der Waals surface area contributed by atoms with Crippen molar-refractivity contribution in [3.8, 4) is 0 Å². The molecule has 0 aromatic heterocycles. The molecule has 0 saturated carbocycles. The standard InChI is InChI=1S/C15H24/c1-6-9-10-15(8-3)12-14(5)11-13(4)7-2/h7,9-12H,6,8H2,1-5H3/b10-9+,13-7+,14-11+,15-12+. The molecule has 0 aliphatic heterocycles. The van der Waals surface area contributed by atoms with Crippen LogP contribution in [0.5, 0.6) is 0 Å². The maximum Gasteiger partial charge on any atom is -0.0307 e. The molecule has 0 saturated heterocycles. The third kappa shape index (κ3) is 6.96. The van der Waals surface area contributed by atoms with Crippen molar-refractivity contribution < 1.29 is 0 Å². The number of rotatable bonds is 5. The van der Waals surface area contributed by atoms with Crippen LogP contribution >= 0.6 is 0 Å². The van der Waals surface area contributed by atoms with E-state index in [1.54, 1.807) is 0 Å². The first kappa shape index (κ1) is 14.0. The minimum Gasteiger partial charge on any atom is -0.0847 e. The molecule has 0 amide bonds. The molecular weight excluding hydrogens is 180 g/mol. The van der Waals surface area contributed by atoms with Gasteiger partial charge in [0, 0.05) is 0 Å². The van der Waals surface area contributed by atoms with Gasteiger partial charge in [-0.2, -0.15) is 0 Å². The lowest BCUT2D eigenvalue weighted by Crippen LogP contribution is -1.78. The molecule has 0 atom stereocenters. The van der Waals surface area contributed by atoms with Gasteiger partial charge in [-0.1, -0.05) is 55.4 Å². The molecule has 0 N–H and O–H groups in total. The summed E-state index contributed by atoms with van der Waals surface area (Å²) in [5.41, 5.74) is 4.04. The molecule has 0 aliphatic carbocycles. The summed E-state index contributed by atoms with van der Waals surface area (Å²) in [6, 6.07) is 0. The van der Waals surface area contributed by atoms with Crippen LogP contribution in [-0.4, -0.2) is 0 Å². The highest BCUT2D eigenvalue weighted by Crippen LogP contribution is 2.10. The number of hydrogen-bond acceptors (Lipinski definition) is 0. The summed E-state index contributed by atoms with van der Waals surface area (Å²) < 4.78 is 0. The second kappa shape index (κ2) is 8.28. The quantitative estimate of drug-likeness (QED) is 0.540. The fraction of sp³-hybridized carbons (Fsp3) is 0.467. The lowest BCUT2D eigenvalue weighted by atomic mass is 10.1. The van der Waals surface area contributed by atoms with Crippen LogP contribution < -0.4 is 0 Å². The summed E-state index contributed by atoms with van der Waals surface area (Å²) in [5.74, 6) is 0. The van der Waals surface area contributed by atoms with E-state index in [0.717, 1.165) is 12.8 Å². The van der Waals surface area contributed by atoms with E-state index in [2.05, 4.69) is 65.0 Å². The van der Waals surface area contributed by atoms with E-state index in [-0.39, 0.29) is 0 Å². The first-order chi connectivity index (χ1) is 7.13. The average molecular weight is 204 g/mol. The Kier molecular flexibility index (Phi) is 7.71. The Morgan fingerprint density at radius 3 is 2.13 bits per heavy atom. The van der Waals surface area contributed by atoms with E-state index in [1.165, 1.54) is 16.7 Å². The topological polar surface area (TPSA) is 0 Å². The fourth-order valence-corrected chi connectivity index (χ4v) is 1.31. The molecule has 0 unspecified atom stereocenters. The molecular formula is C15H24. The van der Waals surface area contributed by atoms with E-state index < -0.39 is 0 Å². The highest BCUT2D eigenvalue weighted by molar-refractivity contribution is 5.33. The Morgan fingerprint density at radius 1 is 1.00 bits per heavy atom. The van der Waals surface area contributed by atoms with Crippen molar-refractivity contribution in [1.82, 2.24) is 0 Å². The van der Waals surface area contributed by atoms with Gasteiger partial charge in [0.25, 0.3) is 0 Å². The van der Waals surface area contributed by atoms with E-state index in [1.807, 2.05) is 0 Å². The van der Waals surface area contributed by atoms with E-state index in [4.69, 9.17) is 0 Å². The first-order valence-corrected chi connectivity index (χ1v) is 5.82. The van der Waals surface area contributed by atoms with Gasteiger partial charge in [0.2, 0.25) is 0 Å². The number of hydrogen-bond donors (Lipinski definition) is 0. The van der Waals surface area contributed by atoms with Crippen molar-refractivity contribution in [3.05, 3.63) is 47.1 Å². The Morgan fingerprint density at radius 2 is 1.67 bits per heavy atom. The maximum atomic E-state index is 2.26. The van der Waals surface area contributed by atoms with Crippen LogP contribution in [0.2, 0.25) is 0 Å². The fourth-order valence-electron chi connectivity index (χ4n) is 1.31. The largest absolute Gasteiger partial charge is 0.0847 e. The second-order valence-electron chi connectivity index (χ2n) is 3.80. The molecule has 84 valence electrons. The van der Waals surface area contributed by atoms with Gasteiger partial charge in [-0.15, -0.1) is 0 Å². The lowest BCUT2D eigenvalue weighted by Gasteiger charge is -1.99. The SMILES string of the molecule is C/C=C(C)/C=C(C)/C=C(/C=C/CC)CC. The van der Waals surface area contributed by atoms with Crippen LogP contribution in [0.15, 0.2) is 47.1 Å². The minimum absolute atomic E-state index is 1.09. The number of allylic oxidation sites excluding steroid dienone is 8. The molecule has 0 rings (SSSR count). The van der Waals surface area contributed by atoms with Crippen molar-refractivity contribution in [1.29, 1.82) is 0 Å². The summed E-state index contributed by atoms with van der Waals surface area (Å²) in [7, 11) is 0. The lowest BCUT2D eigenvalue weighted by molar-refractivity contribution is 1.13. The monoisotopic (exact) mass is 204 g/mol. The van der Waals surface area contributed by atoms with Crippen molar-refractivity contribution >= 4 is 0 Å². The van der Waals surface area contributed by atoms with Crippen molar-refractivity contribution in [2.45, 2.75) is 47.5 Å². The Hall–Kier alpha value is -1.04. The van der Waals surface area contributed by atoms with Gasteiger partial charge in [-0.05, 0) is 39.2 Å². The van der Waals surface area contributed by atoms with Crippen LogP contribution in [0.4, 0.5) is 0 Å². The summed E-state index contributed by atoms with van der Waals surface area (Å²) in [6.07, 6.45) is 13.2. The van der Waals surface area contributed by atoms with Crippen molar-refractivity contribution in [2.24, 2.45) is 0 Å². The molecule has 0 aliphatic rings. The van der Waals surface area contributed by atoms with Crippen LogP contribution in [0.1, 0.15) is 47.5 Å². The van der Waals surface area contributed by atoms with Crippen molar-refractivity contribution in [3.63, 3.8) is 0 Å². The Bertz CT molecular complexity index is 285. The zero-order valence-electron chi connectivity index (χ0n) is 10.8. The van der Waals surface area contributed by atoms with E-state index >= 15 is 0 Å². The molecule has 0 fully saturated rings. The summed E-state index contributed by atoms with van der Waals surface area (Å²) in [5, 5.41) is 0. The predicted octanol–water partition coefficient (Wildman–Crippen LogP) is 5.20. The third-order valence-corrected chi connectivity index (χ3v) is 2.30. The molecule has 0 radical (unpaired) electrons. The smallest absolute Gasteiger partial charge is 0.0307 e. The Labute approximate surface area is 95.1 Å².